The first kappa shape index (κ1) is 11.9. The first-order chi connectivity index (χ1) is 7.98. The van der Waals surface area contributed by atoms with Crippen molar-refractivity contribution >= 4 is 5.78 Å². The van der Waals surface area contributed by atoms with Crippen LogP contribution in [0.4, 0.5) is 0 Å². The summed E-state index contributed by atoms with van der Waals surface area (Å²) >= 11 is 0. The van der Waals surface area contributed by atoms with Crippen LogP contribution in [0.2, 0.25) is 0 Å². The number of hydrogen-bond acceptors (Lipinski definition) is 4. The van der Waals surface area contributed by atoms with Crippen LogP contribution in [0.1, 0.15) is 24.5 Å². The lowest BCUT2D eigenvalue weighted by Crippen LogP contribution is -2.42. The Morgan fingerprint density at radius 1 is 1.41 bits per heavy atom. The molecule has 1 aromatic carbocycles. The molecule has 2 N–H and O–H groups in total. The molecule has 1 aliphatic carbocycles. The van der Waals surface area contributed by atoms with Crippen molar-refractivity contribution in [3.8, 4) is 11.5 Å². The number of ketones is 1. The van der Waals surface area contributed by atoms with Crippen LogP contribution in [-0.4, -0.2) is 28.7 Å². The van der Waals surface area contributed by atoms with Gasteiger partial charge in [-0.3, -0.25) is 4.79 Å². The fourth-order valence-corrected chi connectivity index (χ4v) is 2.33. The third-order valence-corrected chi connectivity index (χ3v) is 3.50. The summed E-state index contributed by atoms with van der Waals surface area (Å²) in [5, 5.41) is 20.0. The summed E-state index contributed by atoms with van der Waals surface area (Å²) in [4.78, 5) is 11.4. The van der Waals surface area contributed by atoms with Crippen molar-refractivity contribution in [3.05, 3.63) is 23.3 Å². The van der Waals surface area contributed by atoms with Gasteiger partial charge < -0.3 is 14.9 Å². The molecule has 4 nitrogen and oxygen atoms in total. The van der Waals surface area contributed by atoms with Crippen LogP contribution in [-0.2, 0) is 17.6 Å². The number of methoxy groups -OCH3 is 1. The van der Waals surface area contributed by atoms with Crippen LogP contribution in [0.5, 0.6) is 11.5 Å². The Labute approximate surface area is 99.8 Å². The quantitative estimate of drug-likeness (QED) is 0.810. The minimum atomic E-state index is -1.35. The van der Waals surface area contributed by atoms with Crippen molar-refractivity contribution in [2.45, 2.75) is 31.8 Å². The fourth-order valence-electron chi connectivity index (χ4n) is 2.33. The molecule has 1 atom stereocenters. The maximum Gasteiger partial charge on any atom is 0.161 e. The molecule has 1 aromatic rings. The Hall–Kier alpha value is -1.55. The number of phenolic OH excluding ortho intramolecular Hbond substituents is 1. The summed E-state index contributed by atoms with van der Waals surface area (Å²) in [6.07, 6.45) is 1.05. The highest BCUT2D eigenvalue weighted by Crippen LogP contribution is 2.39. The van der Waals surface area contributed by atoms with Crippen molar-refractivity contribution in [3.63, 3.8) is 0 Å². The molecule has 0 fully saturated rings. The predicted molar refractivity (Wildman–Crippen MR) is 62.3 cm³/mol. The Balaban J connectivity index is 2.48. The van der Waals surface area contributed by atoms with Crippen molar-refractivity contribution in [1.82, 2.24) is 0 Å². The molecule has 0 saturated heterocycles. The number of ether oxygens (including phenoxy) is 1. The number of phenols is 1. The monoisotopic (exact) mass is 236 g/mol. The second-order valence-corrected chi connectivity index (χ2v) is 4.51. The van der Waals surface area contributed by atoms with E-state index in [1.165, 1.54) is 13.0 Å². The van der Waals surface area contributed by atoms with Gasteiger partial charge in [0, 0.05) is 17.5 Å². The Morgan fingerprint density at radius 3 is 2.71 bits per heavy atom. The predicted octanol–water partition coefficient (Wildman–Crippen LogP) is 1.21. The third kappa shape index (κ3) is 1.89. The highest BCUT2D eigenvalue weighted by Gasteiger charge is 2.38. The second kappa shape index (κ2) is 4.04. The van der Waals surface area contributed by atoms with E-state index in [0.29, 0.717) is 24.2 Å². The van der Waals surface area contributed by atoms with E-state index < -0.39 is 5.60 Å². The van der Waals surface area contributed by atoms with E-state index in [-0.39, 0.29) is 18.0 Å². The topological polar surface area (TPSA) is 66.8 Å². The van der Waals surface area contributed by atoms with E-state index in [0.717, 1.165) is 5.56 Å². The third-order valence-electron chi connectivity index (χ3n) is 3.50. The molecule has 0 spiro atoms. The normalized spacial score (nSPS) is 23.0. The first-order valence-electron chi connectivity index (χ1n) is 5.59. The van der Waals surface area contributed by atoms with Gasteiger partial charge in [-0.15, -0.1) is 0 Å². The number of carbonyl (C=O) groups excluding carboxylic acids is 1. The van der Waals surface area contributed by atoms with E-state index in [2.05, 4.69) is 0 Å². The van der Waals surface area contributed by atoms with Gasteiger partial charge >= 0.3 is 0 Å². The van der Waals surface area contributed by atoms with Crippen LogP contribution < -0.4 is 4.74 Å². The maximum absolute atomic E-state index is 11.4. The summed E-state index contributed by atoms with van der Waals surface area (Å²) in [7, 11) is 1.57. The molecule has 0 radical (unpaired) electrons. The largest absolute Gasteiger partial charge is 0.508 e. The van der Waals surface area contributed by atoms with Crippen LogP contribution in [0.25, 0.3) is 0 Å². The summed E-state index contributed by atoms with van der Waals surface area (Å²) in [5.74, 6) is 0.550. The van der Waals surface area contributed by atoms with Gasteiger partial charge in [-0.05, 0) is 31.9 Å². The second-order valence-electron chi connectivity index (χ2n) is 4.51. The molecule has 0 saturated carbocycles. The number of Topliss-reactive ketones (excluding diaryl/α,β-unsaturated/α-hetero) is 1. The lowest BCUT2D eigenvalue weighted by Gasteiger charge is -2.32. The standard InChI is InChI=1S/C13H16O4/c1-8(14)13(16)6-5-9-10(7-13)11(15)3-4-12(9)17-2/h3-4,15-16H,5-7H2,1-2H3/t13-/m1/s1. The minimum Gasteiger partial charge on any atom is -0.508 e. The number of carbonyl (C=O) groups is 1. The molecule has 0 bridgehead atoms. The minimum absolute atomic E-state index is 0.111. The molecule has 0 amide bonds. The van der Waals surface area contributed by atoms with E-state index in [9.17, 15) is 15.0 Å². The highest BCUT2D eigenvalue weighted by molar-refractivity contribution is 5.85. The number of hydrogen-bond donors (Lipinski definition) is 2. The molecule has 0 aromatic heterocycles. The number of aromatic hydroxyl groups is 1. The van der Waals surface area contributed by atoms with Crippen LogP contribution in [0.3, 0.4) is 0 Å². The van der Waals surface area contributed by atoms with Gasteiger partial charge in [-0.25, -0.2) is 0 Å². The molecule has 92 valence electrons. The van der Waals surface area contributed by atoms with E-state index in [1.807, 2.05) is 0 Å². The first-order valence-corrected chi connectivity index (χ1v) is 5.59. The van der Waals surface area contributed by atoms with Gasteiger partial charge in [-0.2, -0.15) is 0 Å². The lowest BCUT2D eigenvalue weighted by atomic mass is 9.77. The maximum atomic E-state index is 11.4. The average Bonchev–Trinajstić information content (AvgIpc) is 2.30. The molecule has 0 aliphatic heterocycles. The van der Waals surface area contributed by atoms with Crippen LogP contribution in [0, 0.1) is 0 Å². The van der Waals surface area contributed by atoms with Crippen molar-refractivity contribution in [2.24, 2.45) is 0 Å². The van der Waals surface area contributed by atoms with Gasteiger partial charge in [-0.1, -0.05) is 0 Å². The summed E-state index contributed by atoms with van der Waals surface area (Å²) in [6, 6.07) is 3.23. The molecule has 4 heteroatoms. The molecular weight excluding hydrogens is 220 g/mol. The zero-order chi connectivity index (χ0) is 12.6. The number of fused-ring (bicyclic) bond motifs is 1. The summed E-state index contributed by atoms with van der Waals surface area (Å²) < 4.78 is 5.22. The number of rotatable bonds is 2. The number of aliphatic hydroxyl groups is 1. The fraction of sp³-hybridized carbons (Fsp3) is 0.462. The molecule has 17 heavy (non-hydrogen) atoms. The van der Waals surface area contributed by atoms with Gasteiger partial charge in [0.15, 0.2) is 5.78 Å². The van der Waals surface area contributed by atoms with Gasteiger partial charge in [0.05, 0.1) is 7.11 Å². The molecular formula is C13H16O4. The van der Waals surface area contributed by atoms with Crippen LogP contribution >= 0.6 is 0 Å². The molecule has 1 aliphatic rings. The average molecular weight is 236 g/mol. The highest BCUT2D eigenvalue weighted by atomic mass is 16.5. The molecule has 2 rings (SSSR count). The smallest absolute Gasteiger partial charge is 0.161 e. The Morgan fingerprint density at radius 2 is 2.12 bits per heavy atom. The SMILES string of the molecule is COc1ccc(O)c2c1CC[C@](O)(C(C)=O)C2. The van der Waals surface area contributed by atoms with Crippen molar-refractivity contribution in [1.29, 1.82) is 0 Å². The van der Waals surface area contributed by atoms with Crippen molar-refractivity contribution < 1.29 is 19.7 Å². The zero-order valence-electron chi connectivity index (χ0n) is 9.99. The Bertz CT molecular complexity index is 467. The zero-order valence-corrected chi connectivity index (χ0v) is 9.99. The van der Waals surface area contributed by atoms with Crippen LogP contribution in [0.15, 0.2) is 12.1 Å². The lowest BCUT2D eigenvalue weighted by molar-refractivity contribution is -0.136. The van der Waals surface area contributed by atoms with Gasteiger partial charge in [0.1, 0.15) is 17.1 Å². The summed E-state index contributed by atoms with van der Waals surface area (Å²) in [6.45, 7) is 1.38. The van der Waals surface area contributed by atoms with Gasteiger partial charge in [0.25, 0.3) is 0 Å². The Kier molecular flexibility index (Phi) is 2.83. The van der Waals surface area contributed by atoms with E-state index in [1.54, 1.807) is 13.2 Å². The molecule has 0 unspecified atom stereocenters. The summed E-state index contributed by atoms with van der Waals surface area (Å²) in [5.41, 5.74) is 0.156. The van der Waals surface area contributed by atoms with E-state index >= 15 is 0 Å². The van der Waals surface area contributed by atoms with Gasteiger partial charge in [0.2, 0.25) is 0 Å². The van der Waals surface area contributed by atoms with Crippen molar-refractivity contribution in [2.75, 3.05) is 7.11 Å². The van der Waals surface area contributed by atoms with E-state index in [4.69, 9.17) is 4.74 Å². The molecule has 0 heterocycles. The number of benzene rings is 1.